The maximum Gasteiger partial charge on any atom is 0.252 e. The minimum absolute atomic E-state index is 0.0251. The van der Waals surface area contributed by atoms with E-state index in [1.54, 1.807) is 18.3 Å². The molecule has 1 atom stereocenters. The lowest BCUT2D eigenvalue weighted by molar-refractivity contribution is -0.117. The summed E-state index contributed by atoms with van der Waals surface area (Å²) in [5.41, 5.74) is 0.555. The number of fused-ring (bicyclic) bond motifs is 1. The largest absolute Gasteiger partial charge is 0.278 e. The normalized spacial score (nSPS) is 20.0. The molecule has 20 heavy (non-hydrogen) atoms. The Balaban J connectivity index is 1.97. The summed E-state index contributed by atoms with van der Waals surface area (Å²) in [6.45, 7) is -0.0251. The highest BCUT2D eigenvalue weighted by atomic mass is 79.9. The first-order chi connectivity index (χ1) is 9.34. The van der Waals surface area contributed by atoms with Crippen molar-refractivity contribution >= 4 is 53.2 Å². The topological polar surface area (TPSA) is 84.6 Å². The molecule has 3 rings (SSSR count). The van der Waals surface area contributed by atoms with E-state index in [1.807, 2.05) is 0 Å². The van der Waals surface area contributed by atoms with Gasteiger partial charge in [-0.15, -0.1) is 5.10 Å². The molecule has 1 unspecified atom stereocenters. The molecule has 0 aromatic carbocycles. The van der Waals surface area contributed by atoms with Crippen molar-refractivity contribution in [3.05, 3.63) is 22.8 Å². The molecule has 1 fully saturated rings. The fourth-order valence-corrected chi connectivity index (χ4v) is 3.37. The maximum absolute atomic E-state index is 11.9. The summed E-state index contributed by atoms with van der Waals surface area (Å²) in [5, 5.41) is 3.23. The van der Waals surface area contributed by atoms with E-state index >= 15 is 0 Å². The molecule has 7 nitrogen and oxygen atoms in total. The van der Waals surface area contributed by atoms with Crippen molar-refractivity contribution in [3.8, 4) is 0 Å². The highest BCUT2D eigenvalue weighted by molar-refractivity contribution is 9.10. The van der Waals surface area contributed by atoms with Crippen molar-refractivity contribution in [2.24, 2.45) is 0 Å². The summed E-state index contributed by atoms with van der Waals surface area (Å²) in [7, 11) is 1.52. The van der Waals surface area contributed by atoms with E-state index in [4.69, 9.17) is 10.7 Å². The molecule has 0 N–H and O–H groups in total. The van der Waals surface area contributed by atoms with E-state index in [9.17, 15) is 13.2 Å². The maximum atomic E-state index is 11.9. The van der Waals surface area contributed by atoms with Gasteiger partial charge in [0.15, 0.2) is 5.65 Å². The van der Waals surface area contributed by atoms with Crippen molar-refractivity contribution in [2.45, 2.75) is 11.7 Å². The second-order valence-corrected chi connectivity index (χ2v) is 8.19. The number of anilines is 1. The standard InChI is InChI=1S/C10H8BrClN4O3S/c11-6-1-2-16-8(3-6)13-10(14-16)15-5-7(4-9(15)17)20(12,18)19/h1-3,7H,4-5H2. The van der Waals surface area contributed by atoms with Crippen LogP contribution in [0.5, 0.6) is 0 Å². The minimum Gasteiger partial charge on any atom is -0.278 e. The van der Waals surface area contributed by atoms with E-state index in [0.717, 1.165) is 4.47 Å². The summed E-state index contributed by atoms with van der Waals surface area (Å²) in [6.07, 6.45) is 1.54. The molecule has 1 amide bonds. The lowest BCUT2D eigenvalue weighted by Crippen LogP contribution is -2.27. The van der Waals surface area contributed by atoms with E-state index in [0.29, 0.717) is 5.65 Å². The van der Waals surface area contributed by atoms with Crippen molar-refractivity contribution < 1.29 is 13.2 Å². The highest BCUT2D eigenvalue weighted by Gasteiger charge is 2.39. The van der Waals surface area contributed by atoms with Gasteiger partial charge in [0.05, 0.1) is 0 Å². The molecule has 1 aliphatic heterocycles. The van der Waals surface area contributed by atoms with Crippen LogP contribution in [-0.2, 0) is 13.8 Å². The van der Waals surface area contributed by atoms with Crippen molar-refractivity contribution in [3.63, 3.8) is 0 Å². The minimum atomic E-state index is -3.77. The fraction of sp³-hybridized carbons (Fsp3) is 0.300. The molecule has 1 saturated heterocycles. The zero-order valence-electron chi connectivity index (χ0n) is 9.90. The molecule has 0 spiro atoms. The third-order valence-electron chi connectivity index (χ3n) is 3.02. The summed E-state index contributed by atoms with van der Waals surface area (Å²) < 4.78 is 25.0. The van der Waals surface area contributed by atoms with Crippen LogP contribution in [-0.4, -0.2) is 40.7 Å². The molecule has 3 heterocycles. The molecule has 2 aromatic heterocycles. The number of amides is 1. The molecule has 0 aliphatic carbocycles. The Morgan fingerprint density at radius 2 is 2.20 bits per heavy atom. The number of hydrogen-bond acceptors (Lipinski definition) is 5. The lowest BCUT2D eigenvalue weighted by Gasteiger charge is -2.10. The predicted octanol–water partition coefficient (Wildman–Crippen LogP) is 1.17. The van der Waals surface area contributed by atoms with Gasteiger partial charge in [0.1, 0.15) is 5.25 Å². The molecule has 10 heteroatoms. The van der Waals surface area contributed by atoms with Crippen LogP contribution in [0.1, 0.15) is 6.42 Å². The van der Waals surface area contributed by atoms with E-state index in [-0.39, 0.29) is 24.8 Å². The van der Waals surface area contributed by atoms with Gasteiger partial charge in [-0.2, -0.15) is 4.98 Å². The average molecular weight is 380 g/mol. The van der Waals surface area contributed by atoms with Crippen LogP contribution in [0.15, 0.2) is 22.8 Å². The fourth-order valence-electron chi connectivity index (χ4n) is 2.02. The Labute approximate surface area is 127 Å². The first-order valence-corrected chi connectivity index (χ1v) is 8.77. The zero-order valence-corrected chi connectivity index (χ0v) is 13.1. The number of rotatable bonds is 2. The number of aromatic nitrogens is 3. The molecule has 0 saturated carbocycles. The first-order valence-electron chi connectivity index (χ1n) is 5.60. The average Bonchev–Trinajstić information content (AvgIpc) is 2.90. The Bertz CT molecular complexity index is 806. The number of nitrogens with zero attached hydrogens (tertiary/aromatic N) is 4. The first kappa shape index (κ1) is 13.8. The second kappa shape index (κ2) is 4.68. The molecule has 0 radical (unpaired) electrons. The molecule has 106 valence electrons. The van der Waals surface area contributed by atoms with Crippen LogP contribution in [0.2, 0.25) is 0 Å². The van der Waals surface area contributed by atoms with Crippen molar-refractivity contribution in [1.82, 2.24) is 14.6 Å². The van der Waals surface area contributed by atoms with Crippen LogP contribution in [0, 0.1) is 0 Å². The highest BCUT2D eigenvalue weighted by Crippen LogP contribution is 2.25. The molecule has 1 aliphatic rings. The summed E-state index contributed by atoms with van der Waals surface area (Å²) >= 11 is 3.31. The van der Waals surface area contributed by atoms with Crippen LogP contribution >= 0.6 is 26.6 Å². The third kappa shape index (κ3) is 2.40. The predicted molar refractivity (Wildman–Crippen MR) is 76.2 cm³/mol. The van der Waals surface area contributed by atoms with E-state index < -0.39 is 14.3 Å². The quantitative estimate of drug-likeness (QED) is 0.731. The molecule has 0 bridgehead atoms. The lowest BCUT2D eigenvalue weighted by atomic mass is 10.4. The van der Waals surface area contributed by atoms with Gasteiger partial charge in [-0.1, -0.05) is 15.9 Å². The number of pyridine rings is 1. The second-order valence-electron chi connectivity index (χ2n) is 4.37. The van der Waals surface area contributed by atoms with Crippen molar-refractivity contribution in [2.75, 3.05) is 11.4 Å². The summed E-state index contributed by atoms with van der Waals surface area (Å²) in [6, 6.07) is 3.52. The third-order valence-corrected chi connectivity index (χ3v) is 5.38. The van der Waals surface area contributed by atoms with Gasteiger partial charge >= 0.3 is 0 Å². The number of hydrogen-bond donors (Lipinski definition) is 0. The van der Waals surface area contributed by atoms with Gasteiger partial charge in [0, 0.05) is 34.3 Å². The van der Waals surface area contributed by atoms with Crippen LogP contribution in [0.25, 0.3) is 5.65 Å². The molecular weight excluding hydrogens is 372 g/mol. The Morgan fingerprint density at radius 3 is 2.85 bits per heavy atom. The summed E-state index contributed by atoms with van der Waals surface area (Å²) in [5.74, 6) is -0.176. The molecular formula is C10H8BrClN4O3S. The van der Waals surface area contributed by atoms with Gasteiger partial charge in [-0.25, -0.2) is 12.9 Å². The number of carbonyl (C=O) groups is 1. The van der Waals surface area contributed by atoms with Gasteiger partial charge in [-0.3, -0.25) is 9.69 Å². The zero-order chi connectivity index (χ0) is 14.5. The number of carbonyl (C=O) groups excluding carboxylic acids is 1. The summed E-state index contributed by atoms with van der Waals surface area (Å²) in [4.78, 5) is 17.3. The van der Waals surface area contributed by atoms with Crippen LogP contribution in [0.3, 0.4) is 0 Å². The number of halogens is 2. The SMILES string of the molecule is O=C1CC(S(=O)(=O)Cl)CN1c1nc2cc(Br)ccn2n1. The van der Waals surface area contributed by atoms with E-state index in [2.05, 4.69) is 26.0 Å². The van der Waals surface area contributed by atoms with Gasteiger partial charge in [0.2, 0.25) is 15.0 Å². The smallest absolute Gasteiger partial charge is 0.252 e. The van der Waals surface area contributed by atoms with Crippen LogP contribution < -0.4 is 4.90 Å². The monoisotopic (exact) mass is 378 g/mol. The van der Waals surface area contributed by atoms with E-state index in [1.165, 1.54) is 9.42 Å². The van der Waals surface area contributed by atoms with Gasteiger partial charge < -0.3 is 0 Å². The Kier molecular flexibility index (Phi) is 3.22. The Morgan fingerprint density at radius 1 is 1.45 bits per heavy atom. The molecule has 2 aromatic rings. The van der Waals surface area contributed by atoms with Crippen molar-refractivity contribution in [1.29, 1.82) is 0 Å². The van der Waals surface area contributed by atoms with Gasteiger partial charge in [-0.05, 0) is 12.1 Å². The van der Waals surface area contributed by atoms with Crippen LogP contribution in [0.4, 0.5) is 5.95 Å². The Hall–Kier alpha value is -1.19. The van der Waals surface area contributed by atoms with Gasteiger partial charge in [0.25, 0.3) is 5.95 Å².